The molecule has 0 spiro atoms. The van der Waals surface area contributed by atoms with Gasteiger partial charge in [0.1, 0.15) is 5.75 Å². The average molecular weight is 325 g/mol. The molecule has 0 radical (unpaired) electrons. The van der Waals surface area contributed by atoms with Gasteiger partial charge in [0.25, 0.3) is 5.91 Å². The molecule has 0 aromatic heterocycles. The molecule has 1 saturated heterocycles. The lowest BCUT2D eigenvalue weighted by molar-refractivity contribution is -0.141. The molecule has 0 saturated carbocycles. The molecule has 0 unspecified atom stereocenters. The number of hydrogen-bond acceptors (Lipinski definition) is 3. The summed E-state index contributed by atoms with van der Waals surface area (Å²) in [6.45, 7) is 2.97. The number of para-hydroxylation sites is 1. The van der Waals surface area contributed by atoms with Crippen molar-refractivity contribution in [1.82, 2.24) is 4.90 Å². The Morgan fingerprint density at radius 1 is 1.36 bits per heavy atom. The molecule has 1 aromatic rings. The van der Waals surface area contributed by atoms with Crippen LogP contribution in [0.25, 0.3) is 0 Å². The smallest absolute Gasteiger partial charge is 0.263 e. The third-order valence-electron chi connectivity index (χ3n) is 3.96. The quantitative estimate of drug-likeness (QED) is 0.902. The first kappa shape index (κ1) is 16.6. The van der Waals surface area contributed by atoms with Gasteiger partial charge >= 0.3 is 0 Å². The van der Waals surface area contributed by atoms with Crippen molar-refractivity contribution in [2.24, 2.45) is 11.7 Å². The van der Waals surface area contributed by atoms with Crippen LogP contribution in [0.3, 0.4) is 0 Å². The van der Waals surface area contributed by atoms with Crippen LogP contribution < -0.4 is 10.5 Å². The van der Waals surface area contributed by atoms with Crippen LogP contribution in [0.2, 0.25) is 5.02 Å². The van der Waals surface area contributed by atoms with Gasteiger partial charge in [-0.05, 0) is 31.4 Å². The average Bonchev–Trinajstić information content (AvgIpc) is 2.53. The molecule has 1 heterocycles. The molecule has 0 aliphatic carbocycles. The molecule has 1 aromatic carbocycles. The number of primary amides is 1. The lowest BCUT2D eigenvalue weighted by Crippen LogP contribution is -2.47. The number of carbonyl (C=O) groups is 2. The van der Waals surface area contributed by atoms with Crippen molar-refractivity contribution in [3.63, 3.8) is 0 Å². The van der Waals surface area contributed by atoms with Gasteiger partial charge < -0.3 is 15.4 Å². The van der Waals surface area contributed by atoms with Crippen LogP contribution in [0, 0.1) is 5.92 Å². The second-order valence-electron chi connectivity index (χ2n) is 5.45. The number of amides is 2. The van der Waals surface area contributed by atoms with Crippen molar-refractivity contribution < 1.29 is 14.3 Å². The van der Waals surface area contributed by atoms with Crippen LogP contribution in [0.5, 0.6) is 5.75 Å². The van der Waals surface area contributed by atoms with Crippen molar-refractivity contribution in [2.75, 3.05) is 13.1 Å². The summed E-state index contributed by atoms with van der Waals surface area (Å²) < 4.78 is 5.77. The van der Waals surface area contributed by atoms with Crippen LogP contribution in [-0.2, 0) is 9.59 Å². The van der Waals surface area contributed by atoms with Crippen LogP contribution in [-0.4, -0.2) is 35.9 Å². The highest BCUT2D eigenvalue weighted by Crippen LogP contribution is 2.26. The van der Waals surface area contributed by atoms with Gasteiger partial charge in [-0.1, -0.05) is 30.7 Å². The summed E-state index contributed by atoms with van der Waals surface area (Å²) in [6, 6.07) is 7.10. The third kappa shape index (κ3) is 3.91. The van der Waals surface area contributed by atoms with E-state index in [4.69, 9.17) is 22.1 Å². The van der Waals surface area contributed by atoms with Gasteiger partial charge in [0.15, 0.2) is 6.10 Å². The number of nitrogens with two attached hydrogens (primary N) is 1. The predicted octanol–water partition coefficient (Wildman–Crippen LogP) is 2.22. The van der Waals surface area contributed by atoms with E-state index >= 15 is 0 Å². The van der Waals surface area contributed by atoms with Crippen LogP contribution in [0.15, 0.2) is 24.3 Å². The van der Waals surface area contributed by atoms with Gasteiger partial charge in [0, 0.05) is 19.0 Å². The highest BCUT2D eigenvalue weighted by molar-refractivity contribution is 6.32. The van der Waals surface area contributed by atoms with Gasteiger partial charge in [0.2, 0.25) is 5.91 Å². The number of nitrogens with zero attached hydrogens (tertiary/aromatic N) is 1. The fourth-order valence-electron chi connectivity index (χ4n) is 2.59. The van der Waals surface area contributed by atoms with Crippen molar-refractivity contribution in [2.45, 2.75) is 32.3 Å². The van der Waals surface area contributed by atoms with E-state index in [0.717, 1.165) is 0 Å². The molecular weight excluding hydrogens is 304 g/mol. The summed E-state index contributed by atoms with van der Waals surface area (Å²) in [5, 5.41) is 0.487. The predicted molar refractivity (Wildman–Crippen MR) is 84.7 cm³/mol. The topological polar surface area (TPSA) is 72.6 Å². The fraction of sp³-hybridized carbons (Fsp3) is 0.500. The summed E-state index contributed by atoms with van der Waals surface area (Å²) in [7, 11) is 0. The first-order valence-electron chi connectivity index (χ1n) is 7.52. The zero-order valence-electron chi connectivity index (χ0n) is 12.6. The van der Waals surface area contributed by atoms with Gasteiger partial charge in [-0.3, -0.25) is 9.59 Å². The summed E-state index contributed by atoms with van der Waals surface area (Å²) in [4.78, 5) is 25.5. The second kappa shape index (κ2) is 7.49. The van der Waals surface area contributed by atoms with Gasteiger partial charge in [-0.25, -0.2) is 0 Å². The summed E-state index contributed by atoms with van der Waals surface area (Å²) in [5.41, 5.74) is 5.31. The summed E-state index contributed by atoms with van der Waals surface area (Å²) in [5.74, 6) is 0.0294. The van der Waals surface area contributed by atoms with E-state index in [9.17, 15) is 9.59 Å². The molecule has 22 heavy (non-hydrogen) atoms. The molecule has 1 atom stereocenters. The molecular formula is C16H21ClN2O3. The van der Waals surface area contributed by atoms with Crippen molar-refractivity contribution >= 4 is 23.4 Å². The maximum atomic E-state index is 12.6. The number of piperidine rings is 1. The summed E-state index contributed by atoms with van der Waals surface area (Å²) in [6.07, 6.45) is 1.22. The zero-order chi connectivity index (χ0) is 16.1. The zero-order valence-corrected chi connectivity index (χ0v) is 13.4. The minimum Gasteiger partial charge on any atom is -0.479 e. The van der Waals surface area contributed by atoms with Crippen LogP contribution >= 0.6 is 11.6 Å². The number of carbonyl (C=O) groups excluding carboxylic acids is 2. The highest BCUT2D eigenvalue weighted by atomic mass is 35.5. The standard InChI is InChI=1S/C16H21ClN2O3/c1-2-13(22-14-6-4-3-5-12(14)17)16(21)19-9-7-11(8-10-19)15(18)20/h3-6,11,13H,2,7-10H2,1H3,(H2,18,20)/t13-/m1/s1. The lowest BCUT2D eigenvalue weighted by atomic mass is 9.96. The number of halogens is 1. The molecule has 120 valence electrons. The van der Waals surface area contributed by atoms with Crippen LogP contribution in [0.4, 0.5) is 0 Å². The first-order valence-corrected chi connectivity index (χ1v) is 7.90. The van der Waals surface area contributed by atoms with Crippen molar-refractivity contribution in [3.05, 3.63) is 29.3 Å². The minimum absolute atomic E-state index is 0.0645. The fourth-order valence-corrected chi connectivity index (χ4v) is 2.77. The van der Waals surface area contributed by atoms with Gasteiger partial charge in [-0.15, -0.1) is 0 Å². The Labute approximate surface area is 135 Å². The maximum absolute atomic E-state index is 12.6. The van der Waals surface area contributed by atoms with Crippen molar-refractivity contribution in [3.8, 4) is 5.75 Å². The minimum atomic E-state index is -0.565. The normalized spacial score (nSPS) is 17.1. The molecule has 2 amide bonds. The molecule has 1 aliphatic rings. The number of rotatable bonds is 5. The Morgan fingerprint density at radius 3 is 2.55 bits per heavy atom. The van der Waals surface area contributed by atoms with E-state index in [1.165, 1.54) is 0 Å². The molecule has 1 aliphatic heterocycles. The van der Waals surface area contributed by atoms with E-state index in [0.29, 0.717) is 43.1 Å². The Balaban J connectivity index is 1.98. The number of hydrogen-bond donors (Lipinski definition) is 1. The first-order chi connectivity index (χ1) is 10.5. The van der Waals surface area contributed by atoms with Gasteiger partial charge in [-0.2, -0.15) is 0 Å². The molecule has 1 fully saturated rings. The van der Waals surface area contributed by atoms with E-state index in [-0.39, 0.29) is 17.7 Å². The lowest BCUT2D eigenvalue weighted by Gasteiger charge is -2.33. The highest BCUT2D eigenvalue weighted by Gasteiger charge is 2.30. The Hall–Kier alpha value is -1.75. The largest absolute Gasteiger partial charge is 0.479 e. The van der Waals surface area contributed by atoms with E-state index in [1.807, 2.05) is 19.1 Å². The molecule has 2 N–H and O–H groups in total. The molecule has 6 heteroatoms. The third-order valence-corrected chi connectivity index (χ3v) is 4.27. The Morgan fingerprint density at radius 2 is 2.00 bits per heavy atom. The Bertz CT molecular complexity index is 542. The Kier molecular flexibility index (Phi) is 5.66. The van der Waals surface area contributed by atoms with Gasteiger partial charge in [0.05, 0.1) is 5.02 Å². The van der Waals surface area contributed by atoms with E-state index in [1.54, 1.807) is 17.0 Å². The summed E-state index contributed by atoms with van der Waals surface area (Å²) >= 11 is 6.07. The monoisotopic (exact) mass is 324 g/mol. The van der Waals surface area contributed by atoms with Crippen molar-refractivity contribution in [1.29, 1.82) is 0 Å². The molecule has 0 bridgehead atoms. The SMILES string of the molecule is CC[C@@H](Oc1ccccc1Cl)C(=O)N1CCC(C(N)=O)CC1. The van der Waals surface area contributed by atoms with E-state index < -0.39 is 6.10 Å². The van der Waals surface area contributed by atoms with Crippen LogP contribution in [0.1, 0.15) is 26.2 Å². The number of benzene rings is 1. The molecule has 5 nitrogen and oxygen atoms in total. The molecule has 2 rings (SSSR count). The maximum Gasteiger partial charge on any atom is 0.263 e. The number of ether oxygens (including phenoxy) is 1. The van der Waals surface area contributed by atoms with E-state index in [2.05, 4.69) is 0 Å². The second-order valence-corrected chi connectivity index (χ2v) is 5.85. The number of likely N-dealkylation sites (tertiary alicyclic amines) is 1.